The van der Waals surface area contributed by atoms with E-state index in [0.29, 0.717) is 5.56 Å². The van der Waals surface area contributed by atoms with Crippen molar-refractivity contribution in [1.29, 1.82) is 0 Å². The number of alkyl halides is 3. The Morgan fingerprint density at radius 3 is 2.20 bits per heavy atom. The number of carbonyl (C=O) groups excluding carboxylic acids is 1. The van der Waals surface area contributed by atoms with Crippen LogP contribution in [-0.2, 0) is 36.5 Å². The third-order valence-electron chi connectivity index (χ3n) is 7.18. The van der Waals surface area contributed by atoms with Gasteiger partial charge in [-0.3, -0.25) is 9.78 Å². The number of pyridine rings is 1. The fraction of sp³-hybridized carbons (Fsp3) is 0.189. The van der Waals surface area contributed by atoms with Gasteiger partial charge in [0.1, 0.15) is 0 Å². The SMILES string of the molecule is CC(=O)/C=C(/C)O.CC(C)(C)c1cc(-c2nccc3sc4cc(-c5ccccc5C(F)(F)F)ccc4c23)[c-]c2ccccc12.[Ir]. The number of ketones is 1. The van der Waals surface area contributed by atoms with Crippen LogP contribution in [0.3, 0.4) is 0 Å². The van der Waals surface area contributed by atoms with E-state index in [9.17, 15) is 18.0 Å². The monoisotopic (exact) mass is 803 g/mol. The van der Waals surface area contributed by atoms with Crippen LogP contribution in [0.2, 0.25) is 0 Å². The molecule has 45 heavy (non-hydrogen) atoms. The van der Waals surface area contributed by atoms with Crippen LogP contribution >= 0.6 is 11.3 Å². The van der Waals surface area contributed by atoms with Crippen molar-refractivity contribution in [3.63, 3.8) is 0 Å². The molecule has 0 fully saturated rings. The molecule has 233 valence electrons. The number of thiophene rings is 1. The summed E-state index contributed by atoms with van der Waals surface area (Å²) in [5, 5.41) is 12.6. The summed E-state index contributed by atoms with van der Waals surface area (Å²) in [5.74, 6) is -0.0625. The zero-order valence-electron chi connectivity index (χ0n) is 25.3. The van der Waals surface area contributed by atoms with Crippen molar-refractivity contribution in [2.75, 3.05) is 0 Å². The molecule has 8 heteroatoms. The molecule has 0 unspecified atom stereocenters. The number of benzene rings is 4. The molecule has 0 spiro atoms. The van der Waals surface area contributed by atoms with Gasteiger partial charge in [0, 0.05) is 47.5 Å². The third kappa shape index (κ3) is 7.36. The number of halogens is 3. The fourth-order valence-corrected chi connectivity index (χ4v) is 6.49. The Morgan fingerprint density at radius 1 is 0.867 bits per heavy atom. The predicted octanol–water partition coefficient (Wildman–Crippen LogP) is 11.1. The summed E-state index contributed by atoms with van der Waals surface area (Å²) in [7, 11) is 0. The molecule has 3 nitrogen and oxygen atoms in total. The molecule has 2 aromatic heterocycles. The van der Waals surface area contributed by atoms with Crippen molar-refractivity contribution in [2.45, 2.75) is 46.2 Å². The van der Waals surface area contributed by atoms with Crippen LogP contribution in [0.25, 0.3) is 53.3 Å². The second-order valence-corrected chi connectivity index (χ2v) is 12.8. The second kappa shape index (κ2) is 13.3. The molecule has 0 aliphatic rings. The Hall–Kier alpha value is -3.84. The number of rotatable bonds is 3. The summed E-state index contributed by atoms with van der Waals surface area (Å²) < 4.78 is 43.0. The maximum atomic E-state index is 13.7. The van der Waals surface area contributed by atoms with Crippen LogP contribution < -0.4 is 0 Å². The molecule has 0 amide bonds. The first-order valence-corrected chi connectivity index (χ1v) is 14.9. The molecule has 0 saturated carbocycles. The number of fused-ring (bicyclic) bond motifs is 4. The summed E-state index contributed by atoms with van der Waals surface area (Å²) >= 11 is 1.57. The summed E-state index contributed by atoms with van der Waals surface area (Å²) in [4.78, 5) is 14.8. The van der Waals surface area contributed by atoms with Gasteiger partial charge in [-0.1, -0.05) is 80.3 Å². The first kappa shape index (κ1) is 34.0. The van der Waals surface area contributed by atoms with Gasteiger partial charge >= 0.3 is 6.18 Å². The quantitative estimate of drug-likeness (QED) is 0.110. The average Bonchev–Trinajstić information content (AvgIpc) is 3.33. The number of hydrogen-bond donors (Lipinski definition) is 1. The van der Waals surface area contributed by atoms with Gasteiger partial charge in [-0.2, -0.15) is 13.2 Å². The minimum atomic E-state index is -4.42. The van der Waals surface area contributed by atoms with E-state index in [4.69, 9.17) is 10.1 Å². The average molecular weight is 803 g/mol. The molecule has 1 N–H and O–H groups in total. The Bertz CT molecular complexity index is 2050. The van der Waals surface area contributed by atoms with E-state index in [2.05, 4.69) is 45.0 Å². The molecular formula is C37H31F3IrNO2S-. The Morgan fingerprint density at radius 2 is 1.56 bits per heavy atom. The molecule has 6 aromatic rings. The molecule has 2 heterocycles. The predicted molar refractivity (Wildman–Crippen MR) is 175 cm³/mol. The standard InChI is InChI=1S/C32H23F3NS.C5H8O2.Ir/c1-31(2,3)26-17-21(16-19-8-4-5-10-23(19)26)30-29-24-13-12-20(18-28(24)37-27(29)14-15-36-30)22-9-6-7-11-25(22)32(33,34)35;1-4(6)3-5(2)7;/h4-15,17-18H,1-3H3;3,6H,1-2H3;/q-1;;/b;4-3-;. The number of aliphatic hydroxyl groups excluding tert-OH is 1. The number of allylic oxidation sites excluding steroid dienone is 2. The van der Waals surface area contributed by atoms with Gasteiger partial charge in [0.05, 0.1) is 11.3 Å². The van der Waals surface area contributed by atoms with Crippen molar-refractivity contribution < 1.29 is 43.2 Å². The molecule has 0 aliphatic carbocycles. The van der Waals surface area contributed by atoms with E-state index in [0.717, 1.165) is 42.9 Å². The van der Waals surface area contributed by atoms with Gasteiger partial charge < -0.3 is 5.11 Å². The fourth-order valence-electron chi connectivity index (χ4n) is 5.35. The normalized spacial score (nSPS) is 12.1. The van der Waals surface area contributed by atoms with E-state index < -0.39 is 11.7 Å². The Kier molecular flexibility index (Phi) is 10.0. The van der Waals surface area contributed by atoms with Crippen molar-refractivity contribution in [3.8, 4) is 22.4 Å². The van der Waals surface area contributed by atoms with E-state index >= 15 is 0 Å². The van der Waals surface area contributed by atoms with E-state index in [1.54, 1.807) is 29.7 Å². The van der Waals surface area contributed by atoms with Crippen molar-refractivity contribution >= 4 is 48.1 Å². The maximum absolute atomic E-state index is 13.7. The van der Waals surface area contributed by atoms with Crippen molar-refractivity contribution in [3.05, 3.63) is 114 Å². The zero-order chi connectivity index (χ0) is 31.8. The molecule has 4 aromatic carbocycles. The number of aliphatic hydroxyl groups is 1. The number of carbonyl (C=O) groups is 1. The first-order chi connectivity index (χ1) is 20.7. The third-order valence-corrected chi connectivity index (χ3v) is 8.30. The van der Waals surface area contributed by atoms with Gasteiger partial charge in [0.25, 0.3) is 0 Å². The second-order valence-electron chi connectivity index (χ2n) is 11.7. The Balaban J connectivity index is 0.000000519. The molecule has 0 atom stereocenters. The van der Waals surface area contributed by atoms with Gasteiger partial charge in [0.2, 0.25) is 0 Å². The molecule has 0 saturated heterocycles. The topological polar surface area (TPSA) is 50.2 Å². The molecule has 1 radical (unpaired) electrons. The molecule has 0 bridgehead atoms. The van der Waals surface area contributed by atoms with Crippen LogP contribution in [0.4, 0.5) is 13.2 Å². The zero-order valence-corrected chi connectivity index (χ0v) is 28.6. The van der Waals surface area contributed by atoms with Crippen molar-refractivity contribution in [1.82, 2.24) is 4.98 Å². The van der Waals surface area contributed by atoms with Gasteiger partial charge in [-0.05, 0) is 59.4 Å². The Labute approximate surface area is 277 Å². The number of nitrogens with zero attached hydrogens (tertiary/aromatic N) is 1. The maximum Gasteiger partial charge on any atom is 0.417 e. The van der Waals surface area contributed by atoms with Crippen LogP contribution in [-0.4, -0.2) is 15.9 Å². The molecule has 6 rings (SSSR count). The smallest absolute Gasteiger partial charge is 0.417 e. The van der Waals surface area contributed by atoms with Crippen molar-refractivity contribution in [2.24, 2.45) is 0 Å². The van der Waals surface area contributed by atoms with Gasteiger partial charge in [-0.25, -0.2) is 0 Å². The van der Waals surface area contributed by atoms with E-state index in [-0.39, 0.29) is 42.6 Å². The first-order valence-electron chi connectivity index (χ1n) is 14.1. The number of hydrogen-bond acceptors (Lipinski definition) is 4. The minimum Gasteiger partial charge on any atom is -0.512 e. The largest absolute Gasteiger partial charge is 0.512 e. The number of aromatic nitrogens is 1. The van der Waals surface area contributed by atoms with Crippen LogP contribution in [0.5, 0.6) is 0 Å². The summed E-state index contributed by atoms with van der Waals surface area (Å²) in [5.41, 5.74) is 3.01. The minimum absolute atomic E-state index is 0. The van der Waals surface area contributed by atoms with Gasteiger partial charge in [0.15, 0.2) is 5.78 Å². The van der Waals surface area contributed by atoms with E-state index in [1.807, 2.05) is 30.3 Å². The molecular weight excluding hydrogens is 772 g/mol. The van der Waals surface area contributed by atoms with Crippen LogP contribution in [0.1, 0.15) is 45.7 Å². The van der Waals surface area contributed by atoms with Crippen LogP contribution in [0, 0.1) is 6.07 Å². The van der Waals surface area contributed by atoms with Crippen LogP contribution in [0.15, 0.2) is 96.9 Å². The molecule has 0 aliphatic heterocycles. The van der Waals surface area contributed by atoms with Gasteiger partial charge in [-0.15, -0.1) is 40.5 Å². The summed E-state index contributed by atoms with van der Waals surface area (Å²) in [6.45, 7) is 9.45. The summed E-state index contributed by atoms with van der Waals surface area (Å²) in [6, 6.07) is 27.3. The van der Waals surface area contributed by atoms with E-state index in [1.165, 1.54) is 43.0 Å². The summed E-state index contributed by atoms with van der Waals surface area (Å²) in [6.07, 6.45) is -1.45.